The summed E-state index contributed by atoms with van der Waals surface area (Å²) in [5, 5.41) is 2.96. The number of aromatic nitrogens is 1. The lowest BCUT2D eigenvalue weighted by molar-refractivity contribution is 0.0302. The van der Waals surface area contributed by atoms with Gasteiger partial charge in [0.25, 0.3) is 11.8 Å². The van der Waals surface area contributed by atoms with Gasteiger partial charge in [-0.05, 0) is 48.0 Å². The minimum atomic E-state index is -0.314. The summed E-state index contributed by atoms with van der Waals surface area (Å²) in [6.07, 6.45) is 0. The molecule has 1 aliphatic heterocycles. The number of rotatable bonds is 6. The van der Waals surface area contributed by atoms with Crippen LogP contribution in [0.4, 0.5) is 5.69 Å². The second-order valence-corrected chi connectivity index (χ2v) is 12.1. The Hall–Kier alpha value is -2.24. The first-order valence-corrected chi connectivity index (χ1v) is 14.6. The summed E-state index contributed by atoms with van der Waals surface area (Å²) in [5.74, 6) is 0.331. The number of carbonyl (C=O) groups excluding carboxylic acids is 2. The minimum Gasteiger partial charge on any atom is -0.378 e. The van der Waals surface area contributed by atoms with Crippen molar-refractivity contribution >= 4 is 82.7 Å². The average molecular weight is 647 g/mol. The lowest BCUT2D eigenvalue weighted by Crippen LogP contribution is -2.41. The summed E-state index contributed by atoms with van der Waals surface area (Å²) in [6, 6.07) is 18.8. The quantitative estimate of drug-likeness (QED) is 0.232. The molecular weight excluding hydrogens is 626 g/mol. The maximum absolute atomic E-state index is 13.1. The van der Waals surface area contributed by atoms with Crippen molar-refractivity contribution in [2.75, 3.05) is 31.6 Å². The number of hydrogen-bond donors (Lipinski definition) is 1. The van der Waals surface area contributed by atoms with Gasteiger partial charge in [0.2, 0.25) is 0 Å². The van der Waals surface area contributed by atoms with Gasteiger partial charge in [-0.25, -0.2) is 4.98 Å². The molecule has 0 saturated carbocycles. The van der Waals surface area contributed by atoms with Crippen LogP contribution in [0.3, 0.4) is 0 Å². The SMILES string of the molecule is O=C(Nc1ccc2nc(SCc3ccc(Br)cc3Br)sc2c1)c1ccccc1C(=O)N1CCOCC1. The first-order valence-electron chi connectivity index (χ1n) is 11.2. The minimum absolute atomic E-state index is 0.152. The standard InChI is InChI=1S/C26H21Br2N3O3S2/c27-17-6-5-16(21(28)13-17)15-35-26-30-22-8-7-18(14-23(22)36-26)29-24(32)19-3-1-2-4-20(19)25(33)31-9-11-34-12-10-31/h1-8,13-14H,9-12,15H2,(H,29,32). The number of thioether (sulfide) groups is 1. The highest BCUT2D eigenvalue weighted by atomic mass is 79.9. The third kappa shape index (κ3) is 5.84. The molecule has 1 saturated heterocycles. The molecule has 2 heterocycles. The first kappa shape index (κ1) is 25.4. The van der Waals surface area contributed by atoms with Crippen molar-refractivity contribution in [2.24, 2.45) is 0 Å². The molecule has 2 amide bonds. The Morgan fingerprint density at radius 3 is 2.58 bits per heavy atom. The molecule has 36 heavy (non-hydrogen) atoms. The fourth-order valence-corrected chi connectivity index (χ4v) is 7.31. The van der Waals surface area contributed by atoms with Gasteiger partial charge in [0.05, 0.1) is 34.6 Å². The number of fused-ring (bicyclic) bond motifs is 1. The molecule has 0 aliphatic carbocycles. The highest BCUT2D eigenvalue weighted by Crippen LogP contribution is 2.35. The smallest absolute Gasteiger partial charge is 0.256 e. The van der Waals surface area contributed by atoms with Crippen LogP contribution < -0.4 is 5.32 Å². The number of thiazole rings is 1. The number of nitrogens with one attached hydrogen (secondary N) is 1. The molecule has 4 aromatic rings. The van der Waals surface area contributed by atoms with Crippen molar-refractivity contribution in [3.05, 3.63) is 86.3 Å². The fraction of sp³-hybridized carbons (Fsp3) is 0.192. The number of hydrogen-bond acceptors (Lipinski definition) is 6. The van der Waals surface area contributed by atoms with Crippen molar-refractivity contribution in [1.82, 2.24) is 9.88 Å². The van der Waals surface area contributed by atoms with E-state index in [4.69, 9.17) is 9.72 Å². The number of ether oxygens (including phenoxy) is 1. The van der Waals surface area contributed by atoms with Crippen molar-refractivity contribution in [3.8, 4) is 0 Å². The van der Waals surface area contributed by atoms with Crippen LogP contribution in [0, 0.1) is 0 Å². The van der Waals surface area contributed by atoms with Crippen molar-refractivity contribution < 1.29 is 14.3 Å². The molecule has 6 nitrogen and oxygen atoms in total. The van der Waals surface area contributed by atoms with Gasteiger partial charge in [0.1, 0.15) is 0 Å². The Bertz CT molecular complexity index is 1440. The van der Waals surface area contributed by atoms with E-state index in [1.807, 2.05) is 30.3 Å². The van der Waals surface area contributed by atoms with Crippen molar-refractivity contribution in [1.29, 1.82) is 0 Å². The van der Waals surface area contributed by atoms with Crippen LogP contribution in [0.25, 0.3) is 10.2 Å². The Morgan fingerprint density at radius 2 is 1.81 bits per heavy atom. The Kier molecular flexibility index (Phi) is 8.07. The zero-order chi connectivity index (χ0) is 25.1. The molecule has 3 aromatic carbocycles. The maximum atomic E-state index is 13.1. The van der Waals surface area contributed by atoms with E-state index in [1.54, 1.807) is 52.3 Å². The van der Waals surface area contributed by atoms with Crippen LogP contribution in [0.15, 0.2) is 73.9 Å². The molecule has 1 fully saturated rings. The highest BCUT2D eigenvalue weighted by Gasteiger charge is 2.23. The van der Waals surface area contributed by atoms with Crippen LogP contribution in [-0.4, -0.2) is 48.0 Å². The summed E-state index contributed by atoms with van der Waals surface area (Å²) < 4.78 is 9.39. The van der Waals surface area contributed by atoms with E-state index in [9.17, 15) is 9.59 Å². The number of morpholine rings is 1. The van der Waals surface area contributed by atoms with Gasteiger partial charge >= 0.3 is 0 Å². The lowest BCUT2D eigenvalue weighted by Gasteiger charge is -2.27. The molecule has 0 spiro atoms. The van der Waals surface area contributed by atoms with Gasteiger partial charge < -0.3 is 15.0 Å². The third-order valence-electron chi connectivity index (χ3n) is 5.69. The monoisotopic (exact) mass is 645 g/mol. The molecule has 10 heteroatoms. The molecule has 5 rings (SSSR count). The van der Waals surface area contributed by atoms with Gasteiger partial charge in [-0.3, -0.25) is 9.59 Å². The first-order chi connectivity index (χ1) is 17.5. The van der Waals surface area contributed by atoms with E-state index in [0.29, 0.717) is 43.1 Å². The Labute approximate surface area is 233 Å². The number of benzene rings is 3. The normalized spacial score (nSPS) is 13.7. The summed E-state index contributed by atoms with van der Waals surface area (Å²) >= 11 is 10.4. The summed E-state index contributed by atoms with van der Waals surface area (Å²) in [4.78, 5) is 32.6. The van der Waals surface area contributed by atoms with E-state index >= 15 is 0 Å². The summed E-state index contributed by atoms with van der Waals surface area (Å²) in [7, 11) is 0. The molecule has 0 bridgehead atoms. The van der Waals surface area contributed by atoms with Gasteiger partial charge in [-0.15, -0.1) is 11.3 Å². The van der Waals surface area contributed by atoms with Crippen LogP contribution in [0.1, 0.15) is 26.3 Å². The average Bonchev–Trinajstić information content (AvgIpc) is 3.30. The van der Waals surface area contributed by atoms with Crippen molar-refractivity contribution in [3.63, 3.8) is 0 Å². The second kappa shape index (κ2) is 11.4. The predicted octanol–water partition coefficient (Wildman–Crippen LogP) is 6.84. The van der Waals surface area contributed by atoms with Gasteiger partial charge in [0, 0.05) is 33.5 Å². The molecule has 0 atom stereocenters. The van der Waals surface area contributed by atoms with Gasteiger partial charge in [-0.1, -0.05) is 61.8 Å². The molecule has 0 unspecified atom stereocenters. The lowest BCUT2D eigenvalue weighted by atomic mass is 10.0. The van der Waals surface area contributed by atoms with E-state index in [1.165, 1.54) is 5.56 Å². The molecule has 1 N–H and O–H groups in total. The largest absolute Gasteiger partial charge is 0.378 e. The molecule has 0 radical (unpaired) electrons. The van der Waals surface area contributed by atoms with E-state index in [-0.39, 0.29) is 11.8 Å². The number of halogens is 2. The number of amides is 2. The number of carbonyl (C=O) groups is 2. The van der Waals surface area contributed by atoms with Crippen LogP contribution in [0.5, 0.6) is 0 Å². The van der Waals surface area contributed by atoms with Crippen LogP contribution in [-0.2, 0) is 10.5 Å². The molecule has 184 valence electrons. The summed E-state index contributed by atoms with van der Waals surface area (Å²) in [6.45, 7) is 2.07. The topological polar surface area (TPSA) is 71.5 Å². The van der Waals surface area contributed by atoms with E-state index in [2.05, 4.69) is 43.2 Å². The third-order valence-corrected chi connectivity index (χ3v) is 9.13. The molecular formula is C26H21Br2N3O3S2. The van der Waals surface area contributed by atoms with Crippen LogP contribution >= 0.6 is 55.0 Å². The Morgan fingerprint density at radius 1 is 1.03 bits per heavy atom. The van der Waals surface area contributed by atoms with E-state index in [0.717, 1.165) is 29.3 Å². The zero-order valence-corrected chi connectivity index (χ0v) is 23.8. The second-order valence-electron chi connectivity index (χ2n) is 8.09. The molecule has 1 aliphatic rings. The van der Waals surface area contributed by atoms with E-state index < -0.39 is 0 Å². The number of nitrogens with zero attached hydrogens (tertiary/aromatic N) is 2. The highest BCUT2D eigenvalue weighted by molar-refractivity contribution is 9.11. The van der Waals surface area contributed by atoms with Gasteiger partial charge in [0.15, 0.2) is 4.34 Å². The van der Waals surface area contributed by atoms with Crippen molar-refractivity contribution in [2.45, 2.75) is 10.1 Å². The van der Waals surface area contributed by atoms with Crippen LogP contribution in [0.2, 0.25) is 0 Å². The summed E-state index contributed by atoms with van der Waals surface area (Å²) in [5.41, 5.74) is 3.50. The fourth-order valence-electron chi connectivity index (χ4n) is 3.82. The Balaban J connectivity index is 1.30. The molecule has 1 aromatic heterocycles. The maximum Gasteiger partial charge on any atom is 0.256 e. The van der Waals surface area contributed by atoms with Gasteiger partial charge in [-0.2, -0.15) is 0 Å². The number of anilines is 1. The zero-order valence-electron chi connectivity index (χ0n) is 19.0. The predicted molar refractivity (Wildman–Crippen MR) is 152 cm³/mol.